The Kier molecular flexibility index (Phi) is 4.15. The summed E-state index contributed by atoms with van der Waals surface area (Å²) in [6.45, 7) is 10.0. The summed E-state index contributed by atoms with van der Waals surface area (Å²) in [6.07, 6.45) is 4.70. The molecule has 2 aliphatic heterocycles. The molecule has 0 aromatic carbocycles. The van der Waals surface area contributed by atoms with Crippen molar-refractivity contribution in [2.24, 2.45) is 0 Å². The van der Waals surface area contributed by atoms with Crippen LogP contribution in [0.3, 0.4) is 0 Å². The van der Waals surface area contributed by atoms with E-state index in [1.54, 1.807) is 0 Å². The molecule has 4 heteroatoms. The Labute approximate surface area is 110 Å². The number of hydrogen-bond donors (Lipinski definition) is 0. The quantitative estimate of drug-likeness (QED) is 0.759. The van der Waals surface area contributed by atoms with Crippen molar-refractivity contribution >= 4 is 6.09 Å². The van der Waals surface area contributed by atoms with Crippen LogP contribution >= 0.6 is 0 Å². The van der Waals surface area contributed by atoms with E-state index < -0.39 is 5.60 Å². The topological polar surface area (TPSA) is 32.8 Å². The molecule has 0 saturated carbocycles. The Balaban J connectivity index is 1.88. The van der Waals surface area contributed by atoms with E-state index in [4.69, 9.17) is 4.74 Å². The Morgan fingerprint density at radius 1 is 1.17 bits per heavy atom. The van der Waals surface area contributed by atoms with Gasteiger partial charge in [0.05, 0.1) is 0 Å². The molecular weight excluding hydrogens is 228 g/mol. The normalized spacial score (nSPS) is 25.7. The minimum absolute atomic E-state index is 0.135. The summed E-state index contributed by atoms with van der Waals surface area (Å²) in [7, 11) is 0. The Bertz CT molecular complexity index is 293. The molecule has 0 aromatic rings. The first-order chi connectivity index (χ1) is 8.46. The maximum absolute atomic E-state index is 12.1. The standard InChI is InChI=1S/C14H26N2O2/c1-14(2,3)18-13(17)16-10-6-7-12(16)11-15-8-4-5-9-15/h12H,4-11H2,1-3H3. The summed E-state index contributed by atoms with van der Waals surface area (Å²) in [5.74, 6) is 0. The average molecular weight is 254 g/mol. The van der Waals surface area contributed by atoms with Crippen LogP contribution in [0.15, 0.2) is 0 Å². The van der Waals surface area contributed by atoms with E-state index in [2.05, 4.69) is 4.90 Å². The van der Waals surface area contributed by atoms with Gasteiger partial charge in [0.25, 0.3) is 0 Å². The molecule has 0 aromatic heterocycles. The van der Waals surface area contributed by atoms with E-state index in [1.165, 1.54) is 25.9 Å². The monoisotopic (exact) mass is 254 g/mol. The molecule has 1 amide bonds. The number of likely N-dealkylation sites (tertiary alicyclic amines) is 2. The molecular formula is C14H26N2O2. The summed E-state index contributed by atoms with van der Waals surface area (Å²) < 4.78 is 5.48. The third-order valence-corrected chi connectivity index (χ3v) is 3.67. The number of carbonyl (C=O) groups excluding carboxylic acids is 1. The number of hydrogen-bond acceptors (Lipinski definition) is 3. The van der Waals surface area contributed by atoms with Gasteiger partial charge in [-0.15, -0.1) is 0 Å². The molecule has 0 bridgehead atoms. The van der Waals surface area contributed by atoms with Gasteiger partial charge in [-0.25, -0.2) is 4.79 Å². The zero-order chi connectivity index (χ0) is 13.2. The highest BCUT2D eigenvalue weighted by atomic mass is 16.6. The first-order valence-electron chi connectivity index (χ1n) is 7.18. The van der Waals surface area contributed by atoms with Gasteiger partial charge in [0.15, 0.2) is 0 Å². The fourth-order valence-corrected chi connectivity index (χ4v) is 2.85. The molecule has 1 unspecified atom stereocenters. The van der Waals surface area contributed by atoms with Crippen molar-refractivity contribution in [3.05, 3.63) is 0 Å². The fraction of sp³-hybridized carbons (Fsp3) is 0.929. The maximum atomic E-state index is 12.1. The Hall–Kier alpha value is -0.770. The number of nitrogens with zero attached hydrogens (tertiary/aromatic N) is 2. The van der Waals surface area contributed by atoms with Crippen molar-refractivity contribution in [3.8, 4) is 0 Å². The molecule has 0 N–H and O–H groups in total. The summed E-state index contributed by atoms with van der Waals surface area (Å²) in [5, 5.41) is 0. The van der Waals surface area contributed by atoms with Crippen LogP contribution in [0.4, 0.5) is 4.79 Å². The van der Waals surface area contributed by atoms with Gasteiger partial charge < -0.3 is 14.5 Å². The second kappa shape index (κ2) is 5.47. The predicted octanol–water partition coefficient (Wildman–Crippen LogP) is 2.48. The average Bonchev–Trinajstić information content (AvgIpc) is 2.86. The Morgan fingerprint density at radius 2 is 1.83 bits per heavy atom. The van der Waals surface area contributed by atoms with Crippen LogP contribution in [0.2, 0.25) is 0 Å². The molecule has 2 fully saturated rings. The van der Waals surface area contributed by atoms with Crippen LogP contribution in [0.5, 0.6) is 0 Å². The van der Waals surface area contributed by atoms with E-state index in [0.29, 0.717) is 6.04 Å². The fourth-order valence-electron chi connectivity index (χ4n) is 2.85. The van der Waals surface area contributed by atoms with Gasteiger partial charge in [0, 0.05) is 19.1 Å². The van der Waals surface area contributed by atoms with Crippen LogP contribution < -0.4 is 0 Å². The second-order valence-electron chi connectivity index (χ2n) is 6.48. The number of amides is 1. The van der Waals surface area contributed by atoms with Crippen molar-refractivity contribution in [1.82, 2.24) is 9.80 Å². The highest BCUT2D eigenvalue weighted by molar-refractivity contribution is 5.69. The molecule has 0 aliphatic carbocycles. The molecule has 0 radical (unpaired) electrons. The SMILES string of the molecule is CC(C)(C)OC(=O)N1CCCC1CN1CCCC1. The number of ether oxygens (including phenoxy) is 1. The molecule has 4 nitrogen and oxygen atoms in total. The lowest BCUT2D eigenvalue weighted by molar-refractivity contribution is 0.0202. The third-order valence-electron chi connectivity index (χ3n) is 3.67. The lowest BCUT2D eigenvalue weighted by Crippen LogP contribution is -2.44. The number of rotatable bonds is 2. The van der Waals surface area contributed by atoms with Crippen LogP contribution in [0, 0.1) is 0 Å². The van der Waals surface area contributed by atoms with Crippen LogP contribution in [-0.2, 0) is 4.74 Å². The summed E-state index contributed by atoms with van der Waals surface area (Å²) in [5.41, 5.74) is -0.391. The van der Waals surface area contributed by atoms with Crippen molar-refractivity contribution in [3.63, 3.8) is 0 Å². The van der Waals surface area contributed by atoms with Gasteiger partial charge >= 0.3 is 6.09 Å². The largest absolute Gasteiger partial charge is 0.444 e. The van der Waals surface area contributed by atoms with E-state index in [1.807, 2.05) is 25.7 Å². The van der Waals surface area contributed by atoms with Crippen LogP contribution in [0.25, 0.3) is 0 Å². The smallest absolute Gasteiger partial charge is 0.410 e. The van der Waals surface area contributed by atoms with Gasteiger partial charge in [0.1, 0.15) is 5.60 Å². The highest BCUT2D eigenvalue weighted by Crippen LogP contribution is 2.22. The first-order valence-corrected chi connectivity index (χ1v) is 7.18. The van der Waals surface area contributed by atoms with Gasteiger partial charge in [-0.05, 0) is 59.5 Å². The molecule has 0 spiro atoms. The molecule has 18 heavy (non-hydrogen) atoms. The summed E-state index contributed by atoms with van der Waals surface area (Å²) in [4.78, 5) is 16.5. The van der Waals surface area contributed by atoms with Crippen molar-refractivity contribution in [2.75, 3.05) is 26.2 Å². The summed E-state index contributed by atoms with van der Waals surface area (Å²) in [6, 6.07) is 0.359. The van der Waals surface area contributed by atoms with Gasteiger partial charge in [0.2, 0.25) is 0 Å². The minimum Gasteiger partial charge on any atom is -0.444 e. The van der Waals surface area contributed by atoms with Gasteiger partial charge in [-0.2, -0.15) is 0 Å². The Morgan fingerprint density at radius 3 is 2.44 bits per heavy atom. The molecule has 1 atom stereocenters. The molecule has 2 aliphatic rings. The van der Waals surface area contributed by atoms with Crippen molar-refractivity contribution in [1.29, 1.82) is 0 Å². The molecule has 2 heterocycles. The molecule has 2 saturated heterocycles. The lowest BCUT2D eigenvalue weighted by atomic mass is 10.2. The highest BCUT2D eigenvalue weighted by Gasteiger charge is 2.33. The molecule has 2 rings (SSSR count). The first kappa shape index (κ1) is 13.7. The zero-order valence-corrected chi connectivity index (χ0v) is 11.9. The van der Waals surface area contributed by atoms with Crippen LogP contribution in [0.1, 0.15) is 46.5 Å². The molecule has 104 valence electrons. The second-order valence-corrected chi connectivity index (χ2v) is 6.48. The summed E-state index contributed by atoms with van der Waals surface area (Å²) >= 11 is 0. The van der Waals surface area contributed by atoms with Crippen LogP contribution in [-0.4, -0.2) is 53.7 Å². The third kappa shape index (κ3) is 3.61. The van der Waals surface area contributed by atoms with Gasteiger partial charge in [-0.1, -0.05) is 0 Å². The van der Waals surface area contributed by atoms with E-state index in [9.17, 15) is 4.79 Å². The number of carbonyl (C=O) groups is 1. The van der Waals surface area contributed by atoms with Gasteiger partial charge in [-0.3, -0.25) is 0 Å². The maximum Gasteiger partial charge on any atom is 0.410 e. The van der Waals surface area contributed by atoms with E-state index >= 15 is 0 Å². The van der Waals surface area contributed by atoms with Crippen molar-refractivity contribution in [2.45, 2.75) is 58.1 Å². The van der Waals surface area contributed by atoms with E-state index in [0.717, 1.165) is 25.9 Å². The predicted molar refractivity (Wildman–Crippen MR) is 71.6 cm³/mol. The van der Waals surface area contributed by atoms with E-state index in [-0.39, 0.29) is 6.09 Å². The minimum atomic E-state index is -0.391. The lowest BCUT2D eigenvalue weighted by Gasteiger charge is -2.30. The zero-order valence-electron chi connectivity index (χ0n) is 11.9. The van der Waals surface area contributed by atoms with Crippen molar-refractivity contribution < 1.29 is 9.53 Å².